The molecule has 0 saturated carbocycles. The van der Waals surface area contributed by atoms with E-state index in [1.54, 1.807) is 10.8 Å². The molecule has 2 rings (SSSR count). The van der Waals surface area contributed by atoms with Crippen LogP contribution in [0.1, 0.15) is 41.4 Å². The molecule has 0 fully saturated rings. The SMILES string of the molecule is CCCCc1ccc(-n2cc(C#N)c(N)c2C(=O)OC)cc1. The highest BCUT2D eigenvalue weighted by atomic mass is 16.5. The highest BCUT2D eigenvalue weighted by Crippen LogP contribution is 2.25. The van der Waals surface area contributed by atoms with E-state index in [4.69, 9.17) is 15.7 Å². The molecule has 0 bridgehead atoms. The fourth-order valence-electron chi connectivity index (χ4n) is 2.32. The number of ether oxygens (including phenoxy) is 1. The van der Waals surface area contributed by atoms with E-state index in [-0.39, 0.29) is 16.9 Å². The van der Waals surface area contributed by atoms with Crippen LogP contribution in [0.5, 0.6) is 0 Å². The molecule has 2 aromatic rings. The summed E-state index contributed by atoms with van der Waals surface area (Å²) in [4.78, 5) is 11.9. The number of rotatable bonds is 5. The van der Waals surface area contributed by atoms with Crippen molar-refractivity contribution in [1.82, 2.24) is 4.57 Å². The first kappa shape index (κ1) is 15.6. The summed E-state index contributed by atoms with van der Waals surface area (Å²) in [6.45, 7) is 2.16. The molecule has 1 aromatic carbocycles. The number of hydrogen-bond donors (Lipinski definition) is 1. The van der Waals surface area contributed by atoms with E-state index in [0.29, 0.717) is 0 Å². The third kappa shape index (κ3) is 2.96. The van der Waals surface area contributed by atoms with E-state index in [9.17, 15) is 4.79 Å². The summed E-state index contributed by atoms with van der Waals surface area (Å²) in [5.74, 6) is -0.561. The number of hydrogen-bond acceptors (Lipinski definition) is 4. The minimum atomic E-state index is -0.561. The van der Waals surface area contributed by atoms with Gasteiger partial charge >= 0.3 is 5.97 Å². The molecular formula is C17H19N3O2. The van der Waals surface area contributed by atoms with Gasteiger partial charge in [-0.25, -0.2) is 4.79 Å². The van der Waals surface area contributed by atoms with Gasteiger partial charge in [-0.3, -0.25) is 0 Å². The molecule has 0 spiro atoms. The van der Waals surface area contributed by atoms with Crippen molar-refractivity contribution in [1.29, 1.82) is 5.26 Å². The van der Waals surface area contributed by atoms with Crippen LogP contribution in [0, 0.1) is 11.3 Å². The molecule has 5 heteroatoms. The van der Waals surface area contributed by atoms with E-state index >= 15 is 0 Å². The Morgan fingerprint density at radius 1 is 1.36 bits per heavy atom. The Hall–Kier alpha value is -2.74. The van der Waals surface area contributed by atoms with Crippen molar-refractivity contribution in [2.24, 2.45) is 0 Å². The molecule has 1 heterocycles. The fourth-order valence-corrected chi connectivity index (χ4v) is 2.32. The number of esters is 1. The summed E-state index contributed by atoms with van der Waals surface area (Å²) >= 11 is 0. The zero-order chi connectivity index (χ0) is 16.1. The first-order chi connectivity index (χ1) is 10.6. The highest BCUT2D eigenvalue weighted by molar-refractivity contribution is 5.95. The smallest absolute Gasteiger partial charge is 0.357 e. The van der Waals surface area contributed by atoms with Crippen LogP contribution in [0.2, 0.25) is 0 Å². The lowest BCUT2D eigenvalue weighted by Gasteiger charge is -2.09. The topological polar surface area (TPSA) is 81.0 Å². The molecule has 0 aliphatic heterocycles. The summed E-state index contributed by atoms with van der Waals surface area (Å²) in [7, 11) is 1.29. The zero-order valence-corrected chi connectivity index (χ0v) is 12.8. The number of methoxy groups -OCH3 is 1. The van der Waals surface area contributed by atoms with Gasteiger partial charge in [-0.15, -0.1) is 0 Å². The van der Waals surface area contributed by atoms with Crippen LogP contribution in [0.4, 0.5) is 5.69 Å². The summed E-state index contributed by atoms with van der Waals surface area (Å²) < 4.78 is 6.37. The van der Waals surface area contributed by atoms with Crippen molar-refractivity contribution in [2.45, 2.75) is 26.2 Å². The molecule has 1 aromatic heterocycles. The molecule has 0 aliphatic rings. The second-order valence-corrected chi connectivity index (χ2v) is 5.05. The van der Waals surface area contributed by atoms with Gasteiger partial charge in [0, 0.05) is 11.9 Å². The Morgan fingerprint density at radius 3 is 2.59 bits per heavy atom. The van der Waals surface area contributed by atoms with Gasteiger partial charge in [-0.2, -0.15) is 5.26 Å². The quantitative estimate of drug-likeness (QED) is 0.860. The number of nitrogens with zero attached hydrogens (tertiary/aromatic N) is 2. The van der Waals surface area contributed by atoms with Crippen molar-refractivity contribution < 1.29 is 9.53 Å². The number of carbonyl (C=O) groups is 1. The standard InChI is InChI=1S/C17H19N3O2/c1-3-4-5-12-6-8-14(9-7-12)20-11-13(10-18)15(19)16(20)17(21)22-2/h6-9,11H,3-5,19H2,1-2H3. The third-order valence-electron chi connectivity index (χ3n) is 3.58. The Kier molecular flexibility index (Phi) is 4.84. The van der Waals surface area contributed by atoms with Gasteiger partial charge < -0.3 is 15.0 Å². The molecule has 114 valence electrons. The molecular weight excluding hydrogens is 278 g/mol. The third-order valence-corrected chi connectivity index (χ3v) is 3.58. The number of aromatic nitrogens is 1. The fraction of sp³-hybridized carbons (Fsp3) is 0.294. The second-order valence-electron chi connectivity index (χ2n) is 5.05. The van der Waals surface area contributed by atoms with Gasteiger partial charge in [0.05, 0.1) is 18.4 Å². The number of aryl methyl sites for hydroxylation is 1. The van der Waals surface area contributed by atoms with Crippen LogP contribution >= 0.6 is 0 Å². The maximum absolute atomic E-state index is 11.9. The predicted octanol–water partition coefficient (Wildman–Crippen LogP) is 3.06. The van der Waals surface area contributed by atoms with E-state index in [1.807, 2.05) is 30.3 Å². The maximum Gasteiger partial charge on any atom is 0.357 e. The van der Waals surface area contributed by atoms with Gasteiger partial charge in [0.25, 0.3) is 0 Å². The summed E-state index contributed by atoms with van der Waals surface area (Å²) in [5.41, 5.74) is 8.48. The first-order valence-corrected chi connectivity index (χ1v) is 7.20. The molecule has 0 atom stereocenters. The van der Waals surface area contributed by atoms with E-state index in [0.717, 1.165) is 24.9 Å². The lowest BCUT2D eigenvalue weighted by atomic mass is 10.1. The lowest BCUT2D eigenvalue weighted by molar-refractivity contribution is 0.0593. The molecule has 0 aliphatic carbocycles. The normalized spacial score (nSPS) is 10.2. The minimum absolute atomic E-state index is 0.143. The van der Waals surface area contributed by atoms with Crippen LogP contribution in [0.25, 0.3) is 5.69 Å². The molecule has 22 heavy (non-hydrogen) atoms. The van der Waals surface area contributed by atoms with Gasteiger partial charge in [0.2, 0.25) is 0 Å². The van der Waals surface area contributed by atoms with Gasteiger partial charge in [0.1, 0.15) is 6.07 Å². The number of unbranched alkanes of at least 4 members (excludes halogenated alkanes) is 1. The zero-order valence-electron chi connectivity index (χ0n) is 12.8. The largest absolute Gasteiger partial charge is 0.464 e. The number of nitrogen functional groups attached to an aromatic ring is 1. The first-order valence-electron chi connectivity index (χ1n) is 7.20. The molecule has 0 unspecified atom stereocenters. The summed E-state index contributed by atoms with van der Waals surface area (Å²) in [5, 5.41) is 9.10. The van der Waals surface area contributed by atoms with Crippen molar-refractivity contribution in [2.75, 3.05) is 12.8 Å². The Bertz CT molecular complexity index is 709. The van der Waals surface area contributed by atoms with Crippen LogP contribution < -0.4 is 5.73 Å². The molecule has 0 amide bonds. The number of nitriles is 1. The van der Waals surface area contributed by atoms with Crippen LogP contribution in [-0.4, -0.2) is 17.6 Å². The monoisotopic (exact) mass is 297 g/mol. The predicted molar refractivity (Wildman–Crippen MR) is 84.8 cm³/mol. The van der Waals surface area contributed by atoms with Crippen LogP contribution in [0.15, 0.2) is 30.5 Å². The second kappa shape index (κ2) is 6.81. The Morgan fingerprint density at radius 2 is 2.05 bits per heavy atom. The van der Waals surface area contributed by atoms with Crippen molar-refractivity contribution >= 4 is 11.7 Å². The maximum atomic E-state index is 11.9. The van der Waals surface area contributed by atoms with Gasteiger partial charge in [-0.05, 0) is 30.5 Å². The van der Waals surface area contributed by atoms with E-state index in [1.165, 1.54) is 12.7 Å². The molecule has 5 nitrogen and oxygen atoms in total. The number of carbonyl (C=O) groups excluding carboxylic acids is 1. The summed E-state index contributed by atoms with van der Waals surface area (Å²) in [6.07, 6.45) is 4.87. The van der Waals surface area contributed by atoms with Crippen LogP contribution in [-0.2, 0) is 11.2 Å². The average molecular weight is 297 g/mol. The number of nitrogens with two attached hydrogens (primary N) is 1. The van der Waals surface area contributed by atoms with Gasteiger partial charge in [-0.1, -0.05) is 25.5 Å². The number of benzene rings is 1. The van der Waals surface area contributed by atoms with E-state index < -0.39 is 5.97 Å². The summed E-state index contributed by atoms with van der Waals surface area (Å²) in [6, 6.07) is 9.86. The average Bonchev–Trinajstić information content (AvgIpc) is 2.89. The van der Waals surface area contributed by atoms with Crippen molar-refractivity contribution in [3.63, 3.8) is 0 Å². The Balaban J connectivity index is 2.44. The van der Waals surface area contributed by atoms with Gasteiger partial charge in [0.15, 0.2) is 5.69 Å². The van der Waals surface area contributed by atoms with E-state index in [2.05, 4.69) is 6.92 Å². The molecule has 2 N–H and O–H groups in total. The lowest BCUT2D eigenvalue weighted by Crippen LogP contribution is -2.11. The van der Waals surface area contributed by atoms with Crippen molar-refractivity contribution in [3.05, 3.63) is 47.3 Å². The van der Waals surface area contributed by atoms with Crippen LogP contribution in [0.3, 0.4) is 0 Å². The molecule has 0 radical (unpaired) electrons. The van der Waals surface area contributed by atoms with Crippen molar-refractivity contribution in [3.8, 4) is 11.8 Å². The molecule has 0 saturated heterocycles. The minimum Gasteiger partial charge on any atom is -0.464 e. The highest BCUT2D eigenvalue weighted by Gasteiger charge is 2.21. The number of anilines is 1. The Labute approximate surface area is 129 Å².